The van der Waals surface area contributed by atoms with Crippen molar-refractivity contribution in [3.63, 3.8) is 0 Å². The summed E-state index contributed by atoms with van der Waals surface area (Å²) in [6.45, 7) is -0.245. The zero-order valence-electron chi connectivity index (χ0n) is 14.4. The van der Waals surface area contributed by atoms with E-state index in [1.54, 1.807) is 30.3 Å². The molecule has 9 heteroatoms. The molecule has 28 heavy (non-hydrogen) atoms. The van der Waals surface area contributed by atoms with E-state index in [0.29, 0.717) is 21.3 Å². The molecule has 0 fully saturated rings. The van der Waals surface area contributed by atoms with Gasteiger partial charge in [0.15, 0.2) is 0 Å². The Labute approximate surface area is 169 Å². The molecule has 0 spiro atoms. The minimum absolute atomic E-state index is 0.204. The van der Waals surface area contributed by atoms with Crippen LogP contribution in [0.2, 0.25) is 5.02 Å². The molecule has 0 saturated heterocycles. The number of nitrogens with one attached hydrogen (secondary N) is 1. The van der Waals surface area contributed by atoms with E-state index in [0.717, 1.165) is 11.3 Å². The number of hydrogen-bond acceptors (Lipinski definition) is 8. The molecule has 1 aromatic heterocycles. The number of aromatic nitrogens is 1. The van der Waals surface area contributed by atoms with Crippen molar-refractivity contribution in [2.24, 2.45) is 5.10 Å². The highest BCUT2D eigenvalue weighted by Gasteiger charge is 2.11. The molecule has 3 rings (SSSR count). The number of hydrogen-bond donors (Lipinski definition) is 1. The van der Waals surface area contributed by atoms with Crippen LogP contribution in [0.25, 0.3) is 11.3 Å². The minimum atomic E-state index is -0.626. The maximum atomic E-state index is 12.0. The average Bonchev–Trinajstić information content (AvgIpc) is 3.17. The van der Waals surface area contributed by atoms with Crippen molar-refractivity contribution < 1.29 is 19.1 Å². The monoisotopic (exact) mass is 415 g/mol. The molecule has 0 radical (unpaired) electrons. The molecule has 142 valence electrons. The molecule has 0 atom stereocenters. The Bertz CT molecular complexity index is 1010. The van der Waals surface area contributed by atoms with E-state index in [1.807, 2.05) is 23.6 Å². The number of nitrogens with zero attached hydrogens (tertiary/aromatic N) is 2. The first-order valence-corrected chi connectivity index (χ1v) is 9.25. The third-order valence-electron chi connectivity index (χ3n) is 3.52. The van der Waals surface area contributed by atoms with Crippen LogP contribution < -0.4 is 5.43 Å². The van der Waals surface area contributed by atoms with Crippen molar-refractivity contribution >= 4 is 46.7 Å². The van der Waals surface area contributed by atoms with E-state index >= 15 is 0 Å². The van der Waals surface area contributed by atoms with Crippen LogP contribution >= 0.6 is 22.9 Å². The van der Waals surface area contributed by atoms with Gasteiger partial charge in [0, 0.05) is 21.5 Å². The smallest absolute Gasteiger partial charge is 0.341 e. The number of carbonyl (C=O) groups is 2. The maximum Gasteiger partial charge on any atom is 0.341 e. The largest absolute Gasteiger partial charge is 0.430 e. The molecule has 0 unspecified atom stereocenters. The number of halogens is 1. The van der Waals surface area contributed by atoms with Gasteiger partial charge >= 0.3 is 5.97 Å². The second kappa shape index (κ2) is 9.63. The van der Waals surface area contributed by atoms with Gasteiger partial charge in [0.1, 0.15) is 0 Å². The molecule has 2 aromatic carbocycles. The molecule has 0 amide bonds. The van der Waals surface area contributed by atoms with Gasteiger partial charge < -0.3 is 9.47 Å². The predicted molar refractivity (Wildman–Crippen MR) is 108 cm³/mol. The number of hydrazone groups is 1. The molecule has 3 aromatic rings. The van der Waals surface area contributed by atoms with Gasteiger partial charge in [-0.15, -0.1) is 11.3 Å². The summed E-state index contributed by atoms with van der Waals surface area (Å²) in [4.78, 5) is 26.6. The fourth-order valence-corrected chi connectivity index (χ4v) is 3.16. The fraction of sp³-hybridized carbons (Fsp3) is 0.0526. The summed E-state index contributed by atoms with van der Waals surface area (Å²) in [5.41, 5.74) is 5.24. The van der Waals surface area contributed by atoms with Crippen LogP contribution in [-0.2, 0) is 14.3 Å². The molecule has 7 nitrogen and oxygen atoms in total. The number of rotatable bonds is 8. The van der Waals surface area contributed by atoms with E-state index in [2.05, 4.69) is 20.2 Å². The number of anilines is 1. The fourth-order valence-electron chi connectivity index (χ4n) is 2.26. The Morgan fingerprint density at radius 1 is 1.21 bits per heavy atom. The van der Waals surface area contributed by atoms with Crippen LogP contribution in [0.5, 0.6) is 0 Å². The van der Waals surface area contributed by atoms with Gasteiger partial charge in [-0.1, -0.05) is 48.0 Å². The third-order valence-corrected chi connectivity index (χ3v) is 4.60. The van der Waals surface area contributed by atoms with Gasteiger partial charge in [-0.25, -0.2) is 9.78 Å². The van der Waals surface area contributed by atoms with Gasteiger partial charge in [0.2, 0.25) is 11.9 Å². The molecule has 0 aliphatic heterocycles. The minimum Gasteiger partial charge on any atom is -0.430 e. The van der Waals surface area contributed by atoms with Crippen LogP contribution in [0.4, 0.5) is 5.13 Å². The molecule has 1 N–H and O–H groups in total. The lowest BCUT2D eigenvalue weighted by atomic mass is 10.1. The summed E-state index contributed by atoms with van der Waals surface area (Å²) < 4.78 is 9.21. The summed E-state index contributed by atoms with van der Waals surface area (Å²) in [6.07, 6.45) is 1.48. The lowest BCUT2D eigenvalue weighted by molar-refractivity contribution is -0.136. The Morgan fingerprint density at radius 3 is 2.82 bits per heavy atom. The second-order valence-corrected chi connectivity index (χ2v) is 6.55. The maximum absolute atomic E-state index is 12.0. The second-order valence-electron chi connectivity index (χ2n) is 5.29. The zero-order valence-corrected chi connectivity index (χ0v) is 15.9. The van der Waals surface area contributed by atoms with Crippen LogP contribution in [0.1, 0.15) is 15.9 Å². The lowest BCUT2D eigenvalue weighted by Crippen LogP contribution is -2.10. The molecule has 1 heterocycles. The quantitative estimate of drug-likeness (QED) is 0.148. The first kappa shape index (κ1) is 19.5. The van der Waals surface area contributed by atoms with Gasteiger partial charge in [0.05, 0.1) is 17.5 Å². The normalized spacial score (nSPS) is 10.6. The van der Waals surface area contributed by atoms with Crippen molar-refractivity contribution in [3.05, 3.63) is 70.1 Å². The van der Waals surface area contributed by atoms with Crippen LogP contribution in [0.15, 0.2) is 59.0 Å². The summed E-state index contributed by atoms with van der Waals surface area (Å²) in [7, 11) is 0. The summed E-state index contributed by atoms with van der Waals surface area (Å²) >= 11 is 7.56. The highest BCUT2D eigenvalue weighted by atomic mass is 35.5. The summed E-state index contributed by atoms with van der Waals surface area (Å²) in [5, 5.41) is 7.19. The van der Waals surface area contributed by atoms with E-state index in [-0.39, 0.29) is 6.47 Å². The van der Waals surface area contributed by atoms with Gasteiger partial charge in [-0.2, -0.15) is 5.10 Å². The Hall–Kier alpha value is -3.23. The van der Waals surface area contributed by atoms with E-state index in [1.165, 1.54) is 17.6 Å². The SMILES string of the molecule is O=COCOC(=O)c1ccccc1/C=N/Nc1nc(-c2ccccc2Cl)cs1. The predicted octanol–water partition coefficient (Wildman–Crippen LogP) is 4.20. The van der Waals surface area contributed by atoms with Crippen molar-refractivity contribution in [2.75, 3.05) is 12.2 Å². The van der Waals surface area contributed by atoms with Crippen molar-refractivity contribution in [1.82, 2.24) is 4.98 Å². The number of esters is 1. The van der Waals surface area contributed by atoms with Crippen LogP contribution in [-0.4, -0.2) is 30.4 Å². The first-order chi connectivity index (χ1) is 13.7. The van der Waals surface area contributed by atoms with Crippen molar-refractivity contribution in [2.45, 2.75) is 0 Å². The number of benzene rings is 2. The molecule has 0 aliphatic rings. The Balaban J connectivity index is 1.68. The van der Waals surface area contributed by atoms with Crippen LogP contribution in [0, 0.1) is 0 Å². The van der Waals surface area contributed by atoms with Crippen LogP contribution in [0.3, 0.4) is 0 Å². The molecule has 0 bridgehead atoms. The highest BCUT2D eigenvalue weighted by Crippen LogP contribution is 2.30. The molecular formula is C19H14ClN3O4S. The zero-order chi connectivity index (χ0) is 19.8. The van der Waals surface area contributed by atoms with E-state index in [9.17, 15) is 9.59 Å². The molecule has 0 aliphatic carbocycles. The van der Waals surface area contributed by atoms with Crippen molar-refractivity contribution in [3.8, 4) is 11.3 Å². The Morgan fingerprint density at radius 2 is 2.00 bits per heavy atom. The van der Waals surface area contributed by atoms with Gasteiger partial charge in [0.25, 0.3) is 6.47 Å². The summed E-state index contributed by atoms with van der Waals surface area (Å²) in [6, 6.07) is 14.2. The summed E-state index contributed by atoms with van der Waals surface area (Å²) in [5.74, 6) is -0.626. The van der Waals surface area contributed by atoms with E-state index < -0.39 is 12.8 Å². The topological polar surface area (TPSA) is 89.9 Å². The number of thiazole rings is 1. The first-order valence-electron chi connectivity index (χ1n) is 8.00. The molecular weight excluding hydrogens is 402 g/mol. The highest BCUT2D eigenvalue weighted by molar-refractivity contribution is 7.14. The standard InChI is InChI=1S/C19H14ClN3O4S/c20-16-8-4-3-7-15(16)17-10-28-19(22-17)23-21-9-13-5-1-2-6-14(13)18(25)27-12-26-11-24/h1-11H,12H2,(H,22,23)/b21-9+. The molecule has 0 saturated carbocycles. The van der Waals surface area contributed by atoms with Gasteiger partial charge in [-0.05, 0) is 12.1 Å². The number of carbonyl (C=O) groups excluding carboxylic acids is 2. The lowest BCUT2D eigenvalue weighted by Gasteiger charge is -2.05. The average molecular weight is 416 g/mol. The van der Waals surface area contributed by atoms with E-state index in [4.69, 9.17) is 16.3 Å². The third kappa shape index (κ3) is 4.93. The number of ether oxygens (including phenoxy) is 2. The Kier molecular flexibility index (Phi) is 6.72. The van der Waals surface area contributed by atoms with Gasteiger partial charge in [-0.3, -0.25) is 10.2 Å². The van der Waals surface area contributed by atoms with Crippen molar-refractivity contribution in [1.29, 1.82) is 0 Å².